The lowest BCUT2D eigenvalue weighted by molar-refractivity contribution is -0.124. The van der Waals surface area contributed by atoms with Crippen LogP contribution in [0.2, 0.25) is 0 Å². The second-order valence-corrected chi connectivity index (χ2v) is 7.92. The molecule has 2 aromatic rings. The summed E-state index contributed by atoms with van der Waals surface area (Å²) in [6.07, 6.45) is 1.47. The predicted octanol–water partition coefficient (Wildman–Crippen LogP) is 3.32. The molecular weight excluding hydrogens is 338 g/mol. The van der Waals surface area contributed by atoms with Crippen LogP contribution in [0, 0.1) is 35.0 Å². The number of nitriles is 2. The van der Waals surface area contributed by atoms with Crippen molar-refractivity contribution < 1.29 is 4.79 Å². The number of benzene rings is 1. The molecule has 1 fully saturated rings. The minimum atomic E-state index is -0.858. The highest BCUT2D eigenvalue weighted by Crippen LogP contribution is 2.67. The molecule has 2 aliphatic rings. The van der Waals surface area contributed by atoms with Crippen LogP contribution >= 0.6 is 0 Å². The molecule has 2 unspecified atom stereocenters. The third-order valence-electron chi connectivity index (χ3n) is 6.31. The Labute approximate surface area is 157 Å². The second-order valence-electron chi connectivity index (χ2n) is 7.92. The van der Waals surface area contributed by atoms with Gasteiger partial charge < -0.3 is 5.32 Å². The number of carbonyl (C=O) groups excluding carboxylic acids is 1. The van der Waals surface area contributed by atoms with Gasteiger partial charge in [0, 0.05) is 11.6 Å². The summed E-state index contributed by atoms with van der Waals surface area (Å²) in [5, 5.41) is 21.7. The van der Waals surface area contributed by atoms with Gasteiger partial charge >= 0.3 is 0 Å². The van der Waals surface area contributed by atoms with Crippen LogP contribution in [0.4, 0.5) is 5.69 Å². The summed E-state index contributed by atoms with van der Waals surface area (Å²) in [5.41, 5.74) is 1.82. The fourth-order valence-electron chi connectivity index (χ4n) is 4.88. The SMILES string of the molecule is Cc1cccc(NC(=O)C23CCC(c4nc(C#N)c(C#N)nc42)C3(C)C)c1. The molecule has 4 rings (SSSR count). The van der Waals surface area contributed by atoms with Crippen LogP contribution in [0.25, 0.3) is 0 Å². The Bertz CT molecular complexity index is 1060. The molecule has 0 spiro atoms. The largest absolute Gasteiger partial charge is 0.325 e. The Morgan fingerprint density at radius 2 is 1.93 bits per heavy atom. The molecule has 2 atom stereocenters. The summed E-state index contributed by atoms with van der Waals surface area (Å²) in [6.45, 7) is 6.09. The second kappa shape index (κ2) is 5.62. The van der Waals surface area contributed by atoms with Crippen molar-refractivity contribution in [1.29, 1.82) is 10.5 Å². The Hall–Kier alpha value is -3.25. The summed E-state index contributed by atoms with van der Waals surface area (Å²) in [7, 11) is 0. The number of hydrogen-bond donors (Lipinski definition) is 1. The van der Waals surface area contributed by atoms with Gasteiger partial charge in [0.2, 0.25) is 5.91 Å². The highest BCUT2D eigenvalue weighted by atomic mass is 16.2. The van der Waals surface area contributed by atoms with E-state index in [9.17, 15) is 15.3 Å². The molecule has 2 aliphatic carbocycles. The Kier molecular flexibility index (Phi) is 3.58. The normalized spacial score (nSPS) is 24.0. The predicted molar refractivity (Wildman–Crippen MR) is 98.7 cm³/mol. The third kappa shape index (κ3) is 2.13. The Morgan fingerprint density at radius 3 is 2.59 bits per heavy atom. The molecule has 134 valence electrons. The fourth-order valence-corrected chi connectivity index (χ4v) is 4.88. The van der Waals surface area contributed by atoms with E-state index in [-0.39, 0.29) is 23.2 Å². The van der Waals surface area contributed by atoms with E-state index in [4.69, 9.17) is 0 Å². The zero-order valence-electron chi connectivity index (χ0n) is 15.5. The average molecular weight is 357 g/mol. The van der Waals surface area contributed by atoms with Gasteiger partial charge in [0.25, 0.3) is 0 Å². The van der Waals surface area contributed by atoms with Gasteiger partial charge in [-0.15, -0.1) is 0 Å². The summed E-state index contributed by atoms with van der Waals surface area (Å²) in [5.74, 6) is -0.0784. The molecule has 1 amide bonds. The van der Waals surface area contributed by atoms with E-state index in [0.717, 1.165) is 17.7 Å². The average Bonchev–Trinajstić information content (AvgIpc) is 3.02. The van der Waals surface area contributed by atoms with Crippen molar-refractivity contribution in [3.05, 3.63) is 52.6 Å². The maximum atomic E-state index is 13.5. The molecule has 1 N–H and O–H groups in total. The van der Waals surface area contributed by atoms with Gasteiger partial charge in [-0.05, 0) is 42.9 Å². The van der Waals surface area contributed by atoms with Crippen molar-refractivity contribution in [3.8, 4) is 12.1 Å². The number of carbonyl (C=O) groups is 1. The number of nitrogens with one attached hydrogen (secondary N) is 1. The van der Waals surface area contributed by atoms with E-state index in [1.807, 2.05) is 43.3 Å². The molecule has 0 radical (unpaired) electrons. The van der Waals surface area contributed by atoms with Crippen molar-refractivity contribution in [1.82, 2.24) is 9.97 Å². The van der Waals surface area contributed by atoms with Crippen LogP contribution in [0.3, 0.4) is 0 Å². The number of fused-ring (bicyclic) bond motifs is 5. The molecular formula is C21H19N5O. The standard InChI is InChI=1S/C21H19N5O/c1-12-5-4-6-13(9-12)24-19(27)21-8-7-14(20(21,2)3)17-18(21)26-16(11-23)15(10-22)25-17/h4-6,9,14H,7-8H2,1-3H3,(H,24,27). The van der Waals surface area contributed by atoms with Gasteiger partial charge in [-0.3, -0.25) is 4.79 Å². The molecule has 1 heterocycles. The van der Waals surface area contributed by atoms with Crippen molar-refractivity contribution in [3.63, 3.8) is 0 Å². The monoisotopic (exact) mass is 357 g/mol. The quantitative estimate of drug-likeness (QED) is 0.888. The first kappa shape index (κ1) is 17.2. The minimum absolute atomic E-state index is 0.0117. The summed E-state index contributed by atoms with van der Waals surface area (Å²) >= 11 is 0. The molecule has 1 saturated carbocycles. The van der Waals surface area contributed by atoms with Crippen LogP contribution in [0.5, 0.6) is 0 Å². The summed E-state index contributed by atoms with van der Waals surface area (Å²) < 4.78 is 0. The van der Waals surface area contributed by atoms with Gasteiger partial charge in [0.15, 0.2) is 11.4 Å². The van der Waals surface area contributed by atoms with Crippen molar-refractivity contribution in [2.24, 2.45) is 5.41 Å². The van der Waals surface area contributed by atoms with Crippen molar-refractivity contribution >= 4 is 11.6 Å². The number of amides is 1. The molecule has 1 aromatic carbocycles. The number of aromatic nitrogens is 2. The van der Waals surface area contributed by atoms with E-state index in [1.165, 1.54) is 0 Å². The van der Waals surface area contributed by atoms with Crippen molar-refractivity contribution in [2.45, 2.75) is 44.9 Å². The zero-order chi connectivity index (χ0) is 19.4. The van der Waals surface area contributed by atoms with Gasteiger partial charge in [-0.1, -0.05) is 26.0 Å². The fraction of sp³-hybridized carbons (Fsp3) is 0.381. The molecule has 1 aromatic heterocycles. The number of anilines is 1. The first-order valence-corrected chi connectivity index (χ1v) is 8.96. The highest BCUT2D eigenvalue weighted by molar-refractivity contribution is 6.01. The van der Waals surface area contributed by atoms with Gasteiger partial charge in [0.1, 0.15) is 12.1 Å². The lowest BCUT2D eigenvalue weighted by atomic mass is 9.67. The van der Waals surface area contributed by atoms with Gasteiger partial charge in [0.05, 0.1) is 16.8 Å². The molecule has 6 heteroatoms. The van der Waals surface area contributed by atoms with Crippen LogP contribution in [0.1, 0.15) is 60.9 Å². The third-order valence-corrected chi connectivity index (χ3v) is 6.31. The molecule has 27 heavy (non-hydrogen) atoms. The number of rotatable bonds is 2. The topological polar surface area (TPSA) is 102 Å². The Balaban J connectivity index is 1.86. The lowest BCUT2D eigenvalue weighted by Gasteiger charge is -2.36. The van der Waals surface area contributed by atoms with Crippen molar-refractivity contribution in [2.75, 3.05) is 5.32 Å². The molecule has 0 saturated heterocycles. The first-order valence-electron chi connectivity index (χ1n) is 8.96. The molecule has 6 nitrogen and oxygen atoms in total. The highest BCUT2D eigenvalue weighted by Gasteiger charge is 2.68. The number of nitrogens with zero attached hydrogens (tertiary/aromatic N) is 4. The molecule has 0 aliphatic heterocycles. The van der Waals surface area contributed by atoms with E-state index in [2.05, 4.69) is 29.1 Å². The van der Waals surface area contributed by atoms with E-state index in [0.29, 0.717) is 17.8 Å². The van der Waals surface area contributed by atoms with Gasteiger partial charge in [-0.2, -0.15) is 10.5 Å². The zero-order valence-corrected chi connectivity index (χ0v) is 15.5. The van der Waals surface area contributed by atoms with Crippen LogP contribution < -0.4 is 5.32 Å². The number of aryl methyl sites for hydroxylation is 1. The first-order chi connectivity index (χ1) is 12.8. The summed E-state index contributed by atoms with van der Waals surface area (Å²) in [4.78, 5) is 22.4. The van der Waals surface area contributed by atoms with E-state index in [1.54, 1.807) is 0 Å². The van der Waals surface area contributed by atoms with Crippen LogP contribution in [-0.2, 0) is 10.2 Å². The maximum Gasteiger partial charge on any atom is 0.237 e. The summed E-state index contributed by atoms with van der Waals surface area (Å²) in [6, 6.07) is 11.6. The van der Waals surface area contributed by atoms with Gasteiger partial charge in [-0.25, -0.2) is 9.97 Å². The molecule has 2 bridgehead atoms. The number of hydrogen-bond acceptors (Lipinski definition) is 5. The Morgan fingerprint density at radius 1 is 1.22 bits per heavy atom. The van der Waals surface area contributed by atoms with Crippen LogP contribution in [-0.4, -0.2) is 15.9 Å². The smallest absolute Gasteiger partial charge is 0.237 e. The van der Waals surface area contributed by atoms with E-state index < -0.39 is 10.8 Å². The van der Waals surface area contributed by atoms with Crippen LogP contribution in [0.15, 0.2) is 24.3 Å². The minimum Gasteiger partial charge on any atom is -0.325 e. The maximum absolute atomic E-state index is 13.5. The lowest BCUT2D eigenvalue weighted by Crippen LogP contribution is -2.46. The van der Waals surface area contributed by atoms with E-state index >= 15 is 0 Å².